The Labute approximate surface area is 123 Å². The molecule has 0 N–H and O–H groups in total. The second-order valence-corrected chi connectivity index (χ2v) is 5.08. The molecule has 0 fully saturated rings. The molecular weight excluding hydrogens is 281 g/mol. The fraction of sp³-hybridized carbons (Fsp3) is 0.286. The minimum atomic E-state index is 0.413. The normalized spacial score (nSPS) is 10.5. The van der Waals surface area contributed by atoms with Gasteiger partial charge >= 0.3 is 0 Å². The first-order valence-corrected chi connectivity index (χ1v) is 6.85. The zero-order valence-electron chi connectivity index (χ0n) is 10.9. The topological polar surface area (TPSA) is 29.0 Å². The number of hydrogen-bond donors (Lipinski definition) is 0. The average molecular weight is 296 g/mol. The van der Waals surface area contributed by atoms with Crippen LogP contribution >= 0.6 is 23.2 Å². The van der Waals surface area contributed by atoms with Crippen LogP contribution in [-0.2, 0) is 12.4 Å². The van der Waals surface area contributed by atoms with Crippen molar-refractivity contribution in [3.05, 3.63) is 52.4 Å². The number of hydrogen-bond acceptors (Lipinski definition) is 3. The second kappa shape index (κ2) is 6.22. The third-order valence-corrected chi connectivity index (χ3v) is 3.33. The van der Waals surface area contributed by atoms with Crippen molar-refractivity contribution in [2.75, 3.05) is 11.9 Å². The van der Waals surface area contributed by atoms with E-state index < -0.39 is 0 Å². The number of aryl methyl sites for hydroxylation is 1. The van der Waals surface area contributed by atoms with Crippen molar-refractivity contribution in [3.8, 4) is 0 Å². The summed E-state index contributed by atoms with van der Waals surface area (Å²) >= 11 is 12.0. The third kappa shape index (κ3) is 3.58. The highest BCUT2D eigenvalue weighted by molar-refractivity contribution is 6.33. The van der Waals surface area contributed by atoms with Crippen molar-refractivity contribution >= 4 is 29.0 Å². The zero-order chi connectivity index (χ0) is 13.8. The molecule has 0 aliphatic rings. The largest absolute Gasteiger partial charge is 0.353 e. The first-order chi connectivity index (χ1) is 9.10. The van der Waals surface area contributed by atoms with E-state index in [1.807, 2.05) is 43.1 Å². The Kier molecular flexibility index (Phi) is 4.61. The first kappa shape index (κ1) is 14.1. The van der Waals surface area contributed by atoms with Gasteiger partial charge in [-0.05, 0) is 30.7 Å². The summed E-state index contributed by atoms with van der Waals surface area (Å²) in [7, 11) is 1.94. The molecule has 2 aromatic rings. The monoisotopic (exact) mass is 295 g/mol. The van der Waals surface area contributed by atoms with Crippen molar-refractivity contribution in [1.82, 2.24) is 9.97 Å². The molecule has 5 heteroatoms. The summed E-state index contributed by atoms with van der Waals surface area (Å²) < 4.78 is 0. The van der Waals surface area contributed by atoms with E-state index in [9.17, 15) is 0 Å². The van der Waals surface area contributed by atoms with Gasteiger partial charge in [-0.3, -0.25) is 4.98 Å². The maximum atomic E-state index is 6.22. The Balaban J connectivity index is 2.18. The van der Waals surface area contributed by atoms with E-state index in [1.54, 1.807) is 6.20 Å². The molecule has 0 radical (unpaired) electrons. The van der Waals surface area contributed by atoms with Gasteiger partial charge in [-0.15, -0.1) is 11.6 Å². The molecule has 0 aliphatic heterocycles. The molecule has 3 nitrogen and oxygen atoms in total. The van der Waals surface area contributed by atoms with Gasteiger partial charge in [-0.2, -0.15) is 0 Å². The lowest BCUT2D eigenvalue weighted by atomic mass is 10.3. The summed E-state index contributed by atoms with van der Waals surface area (Å²) in [5.41, 5.74) is 2.90. The summed E-state index contributed by atoms with van der Waals surface area (Å²) in [6.07, 6.45) is 1.74. The minimum absolute atomic E-state index is 0.413. The van der Waals surface area contributed by atoms with Crippen molar-refractivity contribution in [3.63, 3.8) is 0 Å². The van der Waals surface area contributed by atoms with Crippen LogP contribution in [-0.4, -0.2) is 17.0 Å². The van der Waals surface area contributed by atoms with Crippen LogP contribution in [0.1, 0.15) is 17.0 Å². The second-order valence-electron chi connectivity index (χ2n) is 4.41. The van der Waals surface area contributed by atoms with Crippen molar-refractivity contribution in [2.24, 2.45) is 0 Å². The Morgan fingerprint density at radius 1 is 1.32 bits per heavy atom. The Bertz CT molecular complexity index is 572. The SMILES string of the molecule is Cc1cccc(CN(C)c2ncc(CCl)cc2Cl)n1. The molecule has 2 heterocycles. The van der Waals surface area contributed by atoms with Gasteiger partial charge in [-0.1, -0.05) is 17.7 Å². The molecule has 0 atom stereocenters. The number of nitrogens with zero attached hydrogens (tertiary/aromatic N) is 3. The van der Waals surface area contributed by atoms with Crippen LogP contribution in [0, 0.1) is 6.92 Å². The van der Waals surface area contributed by atoms with Crippen LogP contribution < -0.4 is 4.90 Å². The van der Waals surface area contributed by atoms with E-state index in [2.05, 4.69) is 9.97 Å². The average Bonchev–Trinajstić information content (AvgIpc) is 2.38. The highest BCUT2D eigenvalue weighted by Crippen LogP contribution is 2.24. The van der Waals surface area contributed by atoms with Gasteiger partial charge in [0.2, 0.25) is 0 Å². The number of alkyl halides is 1. The van der Waals surface area contributed by atoms with Crippen LogP contribution in [0.3, 0.4) is 0 Å². The van der Waals surface area contributed by atoms with E-state index in [0.29, 0.717) is 17.4 Å². The smallest absolute Gasteiger partial charge is 0.147 e. The van der Waals surface area contributed by atoms with Gasteiger partial charge in [0, 0.05) is 24.8 Å². The molecule has 0 bridgehead atoms. The summed E-state index contributed by atoms with van der Waals surface area (Å²) in [6, 6.07) is 7.81. The molecule has 2 rings (SSSR count). The number of pyridine rings is 2. The van der Waals surface area contributed by atoms with Crippen LogP contribution in [0.5, 0.6) is 0 Å². The fourth-order valence-electron chi connectivity index (χ4n) is 1.83. The maximum absolute atomic E-state index is 6.22. The molecule has 0 saturated heterocycles. The molecule has 0 aromatic carbocycles. The molecule has 0 saturated carbocycles. The van der Waals surface area contributed by atoms with Gasteiger partial charge in [0.05, 0.1) is 17.3 Å². The fourth-order valence-corrected chi connectivity index (χ4v) is 2.31. The summed E-state index contributed by atoms with van der Waals surface area (Å²) in [5.74, 6) is 1.15. The standard InChI is InChI=1S/C14H15Cl2N3/c1-10-4-3-5-12(18-10)9-19(2)14-13(16)6-11(7-15)8-17-14/h3-6,8H,7,9H2,1-2H3. The van der Waals surface area contributed by atoms with Crippen LogP contribution in [0.4, 0.5) is 5.82 Å². The molecule has 0 amide bonds. The van der Waals surface area contributed by atoms with E-state index in [-0.39, 0.29) is 0 Å². The predicted octanol–water partition coefficient (Wildman–Crippen LogP) is 3.81. The summed E-state index contributed by atoms with van der Waals surface area (Å²) in [6.45, 7) is 2.64. The summed E-state index contributed by atoms with van der Waals surface area (Å²) in [4.78, 5) is 10.8. The van der Waals surface area contributed by atoms with E-state index >= 15 is 0 Å². The number of halogens is 2. The lowest BCUT2D eigenvalue weighted by Gasteiger charge is -2.19. The highest BCUT2D eigenvalue weighted by Gasteiger charge is 2.10. The van der Waals surface area contributed by atoms with Crippen molar-refractivity contribution in [1.29, 1.82) is 0 Å². The number of anilines is 1. The Hall–Kier alpha value is -1.32. The van der Waals surface area contributed by atoms with Gasteiger partial charge in [0.25, 0.3) is 0 Å². The van der Waals surface area contributed by atoms with E-state index in [4.69, 9.17) is 23.2 Å². The van der Waals surface area contributed by atoms with Crippen molar-refractivity contribution in [2.45, 2.75) is 19.3 Å². The molecule has 2 aromatic heterocycles. The highest BCUT2D eigenvalue weighted by atomic mass is 35.5. The third-order valence-electron chi connectivity index (χ3n) is 2.74. The van der Waals surface area contributed by atoms with E-state index in [1.165, 1.54) is 0 Å². The molecule has 19 heavy (non-hydrogen) atoms. The molecule has 0 aliphatic carbocycles. The first-order valence-electron chi connectivity index (χ1n) is 5.94. The lowest BCUT2D eigenvalue weighted by Crippen LogP contribution is -2.19. The molecule has 0 spiro atoms. The lowest BCUT2D eigenvalue weighted by molar-refractivity contribution is 0.858. The number of rotatable bonds is 4. The van der Waals surface area contributed by atoms with Crippen LogP contribution in [0.15, 0.2) is 30.5 Å². The van der Waals surface area contributed by atoms with Gasteiger partial charge in [0.1, 0.15) is 5.82 Å². The van der Waals surface area contributed by atoms with Gasteiger partial charge in [-0.25, -0.2) is 4.98 Å². The zero-order valence-corrected chi connectivity index (χ0v) is 12.4. The van der Waals surface area contributed by atoms with Crippen LogP contribution in [0.2, 0.25) is 5.02 Å². The molecule has 100 valence electrons. The van der Waals surface area contributed by atoms with Gasteiger partial charge < -0.3 is 4.90 Å². The quantitative estimate of drug-likeness (QED) is 0.803. The Morgan fingerprint density at radius 2 is 2.11 bits per heavy atom. The minimum Gasteiger partial charge on any atom is -0.353 e. The number of aromatic nitrogens is 2. The molecular formula is C14H15Cl2N3. The van der Waals surface area contributed by atoms with Crippen LogP contribution in [0.25, 0.3) is 0 Å². The molecule has 0 unspecified atom stereocenters. The van der Waals surface area contributed by atoms with E-state index in [0.717, 1.165) is 22.8 Å². The summed E-state index contributed by atoms with van der Waals surface area (Å²) in [5, 5.41) is 0.605. The predicted molar refractivity (Wildman–Crippen MR) is 79.9 cm³/mol. The Morgan fingerprint density at radius 3 is 2.74 bits per heavy atom. The maximum Gasteiger partial charge on any atom is 0.147 e. The van der Waals surface area contributed by atoms with Gasteiger partial charge in [0.15, 0.2) is 0 Å². The van der Waals surface area contributed by atoms with Crippen molar-refractivity contribution < 1.29 is 0 Å².